The van der Waals surface area contributed by atoms with Crippen molar-refractivity contribution >= 4 is 5.91 Å². The number of aliphatic hydroxyl groups excluding tert-OH is 1. The molecule has 4 nitrogen and oxygen atoms in total. The van der Waals surface area contributed by atoms with Gasteiger partial charge in [-0.3, -0.25) is 4.79 Å². The number of hydrogen-bond acceptors (Lipinski definition) is 3. The van der Waals surface area contributed by atoms with Gasteiger partial charge < -0.3 is 14.9 Å². The van der Waals surface area contributed by atoms with Crippen LogP contribution in [0.4, 0.5) is 0 Å². The molecule has 1 unspecified atom stereocenters. The first kappa shape index (κ1) is 14.5. The molecule has 0 aromatic carbocycles. The van der Waals surface area contributed by atoms with E-state index < -0.39 is 6.10 Å². The lowest BCUT2D eigenvalue weighted by Gasteiger charge is -2.24. The molecule has 1 saturated heterocycles. The van der Waals surface area contributed by atoms with Crippen LogP contribution >= 0.6 is 0 Å². The number of carbonyl (C=O) groups is 1. The van der Waals surface area contributed by atoms with E-state index in [2.05, 4.69) is 18.7 Å². The molecule has 0 aromatic rings. The molecule has 0 spiro atoms. The van der Waals surface area contributed by atoms with Gasteiger partial charge >= 0.3 is 0 Å². The average molecular weight is 242 g/mol. The van der Waals surface area contributed by atoms with E-state index in [1.165, 1.54) is 0 Å². The van der Waals surface area contributed by atoms with Crippen LogP contribution in [0, 0.1) is 5.92 Å². The van der Waals surface area contributed by atoms with E-state index in [1.54, 1.807) is 4.90 Å². The lowest BCUT2D eigenvalue weighted by atomic mass is 10.1. The van der Waals surface area contributed by atoms with Crippen LogP contribution in [-0.4, -0.2) is 60.1 Å². The summed E-state index contributed by atoms with van der Waals surface area (Å²) in [6, 6.07) is 0. The van der Waals surface area contributed by atoms with Gasteiger partial charge in [0.05, 0.1) is 6.10 Å². The van der Waals surface area contributed by atoms with E-state index in [4.69, 9.17) is 0 Å². The summed E-state index contributed by atoms with van der Waals surface area (Å²) in [6.07, 6.45) is 2.31. The third-order valence-electron chi connectivity index (χ3n) is 3.21. The van der Waals surface area contributed by atoms with Gasteiger partial charge in [0, 0.05) is 26.1 Å². The quantitative estimate of drug-likeness (QED) is 0.723. The molecule has 100 valence electrons. The van der Waals surface area contributed by atoms with Crippen molar-refractivity contribution in [2.24, 2.45) is 5.92 Å². The maximum atomic E-state index is 11.4. The van der Waals surface area contributed by atoms with Gasteiger partial charge in [-0.05, 0) is 32.4 Å². The highest BCUT2D eigenvalue weighted by atomic mass is 16.3. The molecule has 17 heavy (non-hydrogen) atoms. The summed E-state index contributed by atoms with van der Waals surface area (Å²) in [4.78, 5) is 15.3. The van der Waals surface area contributed by atoms with Crippen LogP contribution in [0.3, 0.4) is 0 Å². The van der Waals surface area contributed by atoms with Crippen molar-refractivity contribution in [3.8, 4) is 0 Å². The number of rotatable bonds is 7. The number of hydrogen-bond donors (Lipinski definition) is 1. The lowest BCUT2D eigenvalue weighted by molar-refractivity contribution is -0.129. The van der Waals surface area contributed by atoms with Crippen molar-refractivity contribution in [2.45, 2.75) is 39.2 Å². The van der Waals surface area contributed by atoms with Crippen molar-refractivity contribution in [1.82, 2.24) is 9.80 Å². The number of amides is 1. The molecule has 0 saturated carbocycles. The summed E-state index contributed by atoms with van der Waals surface area (Å²) < 4.78 is 0. The summed E-state index contributed by atoms with van der Waals surface area (Å²) >= 11 is 0. The highest BCUT2D eigenvalue weighted by Crippen LogP contribution is 2.10. The molecule has 1 heterocycles. The van der Waals surface area contributed by atoms with Crippen molar-refractivity contribution < 1.29 is 9.90 Å². The number of nitrogens with zero attached hydrogens (tertiary/aromatic N) is 2. The smallest absolute Gasteiger partial charge is 0.222 e. The second kappa shape index (κ2) is 6.97. The Morgan fingerprint density at radius 1 is 1.47 bits per heavy atom. The fourth-order valence-corrected chi connectivity index (χ4v) is 2.14. The Morgan fingerprint density at radius 2 is 2.18 bits per heavy atom. The van der Waals surface area contributed by atoms with E-state index in [9.17, 15) is 9.90 Å². The number of likely N-dealkylation sites (tertiary alicyclic amines) is 1. The first-order valence-electron chi connectivity index (χ1n) is 6.63. The fraction of sp³-hybridized carbons (Fsp3) is 0.923. The molecule has 0 bridgehead atoms. The van der Waals surface area contributed by atoms with Crippen molar-refractivity contribution in [3.63, 3.8) is 0 Å². The molecule has 1 fully saturated rings. The summed E-state index contributed by atoms with van der Waals surface area (Å²) in [6.45, 7) is 7.36. The predicted octanol–water partition coefficient (Wildman–Crippen LogP) is 0.948. The summed E-state index contributed by atoms with van der Waals surface area (Å²) in [7, 11) is 2.03. The zero-order valence-electron chi connectivity index (χ0n) is 11.4. The number of β-amino-alcohol motifs (C(OH)–C–C–N with tert-alkyl or cyclic N) is 1. The lowest BCUT2D eigenvalue weighted by Crippen LogP contribution is -2.39. The molecule has 0 aromatic heterocycles. The third kappa shape index (κ3) is 5.50. The molecule has 1 rings (SSSR count). The van der Waals surface area contributed by atoms with Gasteiger partial charge in [-0.2, -0.15) is 0 Å². The van der Waals surface area contributed by atoms with Crippen LogP contribution in [0.2, 0.25) is 0 Å². The Hall–Kier alpha value is -0.610. The topological polar surface area (TPSA) is 43.8 Å². The summed E-state index contributed by atoms with van der Waals surface area (Å²) in [5.74, 6) is 0.878. The van der Waals surface area contributed by atoms with Crippen LogP contribution in [0.15, 0.2) is 0 Å². The number of aliphatic hydroxyl groups is 1. The summed E-state index contributed by atoms with van der Waals surface area (Å²) in [5, 5.41) is 9.93. The molecular weight excluding hydrogens is 216 g/mol. The number of likely N-dealkylation sites (N-methyl/N-ethyl adjacent to an activating group) is 1. The van der Waals surface area contributed by atoms with Gasteiger partial charge in [0.25, 0.3) is 0 Å². The van der Waals surface area contributed by atoms with Crippen LogP contribution in [0.5, 0.6) is 0 Å². The molecule has 1 atom stereocenters. The first-order valence-corrected chi connectivity index (χ1v) is 6.63. The molecule has 1 aliphatic rings. The zero-order valence-corrected chi connectivity index (χ0v) is 11.4. The normalized spacial score (nSPS) is 18.5. The van der Waals surface area contributed by atoms with Gasteiger partial charge in [0.15, 0.2) is 0 Å². The summed E-state index contributed by atoms with van der Waals surface area (Å²) in [5.41, 5.74) is 0. The highest BCUT2D eigenvalue weighted by Gasteiger charge is 2.22. The minimum absolute atomic E-state index is 0.189. The largest absolute Gasteiger partial charge is 0.390 e. The second-order valence-corrected chi connectivity index (χ2v) is 5.54. The molecule has 4 heteroatoms. The minimum atomic E-state index is -0.422. The molecule has 0 radical (unpaired) electrons. The van der Waals surface area contributed by atoms with Gasteiger partial charge in [-0.1, -0.05) is 13.8 Å². The Bertz CT molecular complexity index is 244. The fourth-order valence-electron chi connectivity index (χ4n) is 2.14. The molecule has 0 aliphatic carbocycles. The first-order chi connectivity index (χ1) is 7.99. The Kier molecular flexibility index (Phi) is 5.92. The van der Waals surface area contributed by atoms with Crippen LogP contribution in [0.25, 0.3) is 0 Å². The molecule has 1 aliphatic heterocycles. The second-order valence-electron chi connectivity index (χ2n) is 5.54. The Labute approximate surface area is 105 Å². The van der Waals surface area contributed by atoms with E-state index in [-0.39, 0.29) is 5.91 Å². The van der Waals surface area contributed by atoms with Crippen molar-refractivity contribution in [2.75, 3.05) is 33.2 Å². The minimum Gasteiger partial charge on any atom is -0.390 e. The van der Waals surface area contributed by atoms with Crippen LogP contribution in [-0.2, 0) is 4.79 Å². The van der Waals surface area contributed by atoms with Crippen molar-refractivity contribution in [1.29, 1.82) is 0 Å². The van der Waals surface area contributed by atoms with E-state index >= 15 is 0 Å². The zero-order chi connectivity index (χ0) is 12.8. The van der Waals surface area contributed by atoms with E-state index in [0.717, 1.165) is 25.9 Å². The molecule has 1 N–H and O–H groups in total. The Morgan fingerprint density at radius 3 is 2.71 bits per heavy atom. The highest BCUT2D eigenvalue weighted by molar-refractivity contribution is 5.78. The van der Waals surface area contributed by atoms with Gasteiger partial charge in [-0.25, -0.2) is 0 Å². The molecule has 1 amide bonds. The monoisotopic (exact) mass is 242 g/mol. The standard InChI is InChI=1S/C13H26N2O2/c1-11(2)6-8-14(3)9-12(16)10-15-7-4-5-13(15)17/h11-12,16H,4-10H2,1-3H3. The van der Waals surface area contributed by atoms with Crippen LogP contribution < -0.4 is 0 Å². The van der Waals surface area contributed by atoms with Gasteiger partial charge in [0.1, 0.15) is 0 Å². The predicted molar refractivity (Wildman–Crippen MR) is 68.8 cm³/mol. The molecular formula is C13H26N2O2. The maximum Gasteiger partial charge on any atom is 0.222 e. The third-order valence-corrected chi connectivity index (χ3v) is 3.21. The van der Waals surface area contributed by atoms with E-state index in [0.29, 0.717) is 25.4 Å². The number of carbonyl (C=O) groups excluding carboxylic acids is 1. The van der Waals surface area contributed by atoms with E-state index in [1.807, 2.05) is 7.05 Å². The SMILES string of the molecule is CC(C)CCN(C)CC(O)CN1CCCC1=O. The Balaban J connectivity index is 2.19. The average Bonchev–Trinajstić information content (AvgIpc) is 2.61. The van der Waals surface area contributed by atoms with Crippen LogP contribution in [0.1, 0.15) is 33.1 Å². The van der Waals surface area contributed by atoms with Crippen molar-refractivity contribution in [3.05, 3.63) is 0 Å². The van der Waals surface area contributed by atoms with Gasteiger partial charge in [0.2, 0.25) is 5.91 Å². The maximum absolute atomic E-state index is 11.4. The van der Waals surface area contributed by atoms with Gasteiger partial charge in [-0.15, -0.1) is 0 Å².